The number of methoxy groups -OCH3 is 1. The van der Waals surface area contributed by atoms with Crippen LogP contribution in [0.4, 0.5) is 5.69 Å². The summed E-state index contributed by atoms with van der Waals surface area (Å²) in [6, 6.07) is 17.8. The van der Waals surface area contributed by atoms with Gasteiger partial charge in [-0.15, -0.1) is 0 Å². The molecule has 138 valence electrons. The molecule has 0 aliphatic carbocycles. The number of hydrogen-bond acceptors (Lipinski definition) is 4. The van der Waals surface area contributed by atoms with E-state index in [0.717, 1.165) is 30.2 Å². The molecule has 4 rings (SSSR count). The van der Waals surface area contributed by atoms with Gasteiger partial charge in [0.15, 0.2) is 0 Å². The molecule has 0 radical (unpaired) electrons. The Hall–Kier alpha value is -3.12. The van der Waals surface area contributed by atoms with Gasteiger partial charge in [-0.2, -0.15) is 5.10 Å². The van der Waals surface area contributed by atoms with Gasteiger partial charge in [-0.25, -0.2) is 4.68 Å². The van der Waals surface area contributed by atoms with Crippen molar-refractivity contribution in [1.29, 1.82) is 0 Å². The van der Waals surface area contributed by atoms with Crippen molar-refractivity contribution in [1.82, 2.24) is 14.7 Å². The molecule has 0 bridgehead atoms. The molecule has 1 aliphatic rings. The fourth-order valence-electron chi connectivity index (χ4n) is 3.39. The van der Waals surface area contributed by atoms with Crippen LogP contribution in [-0.2, 0) is 11.3 Å². The molecule has 3 aromatic rings. The van der Waals surface area contributed by atoms with Gasteiger partial charge in [-0.05, 0) is 35.9 Å². The minimum absolute atomic E-state index is 0.109. The van der Waals surface area contributed by atoms with Crippen LogP contribution < -0.4 is 9.64 Å². The fraction of sp³-hybridized carbons (Fsp3) is 0.238. The number of piperazine rings is 1. The maximum absolute atomic E-state index is 12.7. The van der Waals surface area contributed by atoms with E-state index >= 15 is 0 Å². The monoisotopic (exact) mass is 362 g/mol. The number of carbonyl (C=O) groups is 1. The fourth-order valence-corrected chi connectivity index (χ4v) is 3.39. The lowest BCUT2D eigenvalue weighted by atomic mass is 10.1. The second kappa shape index (κ2) is 7.63. The quantitative estimate of drug-likeness (QED) is 0.700. The van der Waals surface area contributed by atoms with Crippen LogP contribution in [0.5, 0.6) is 5.75 Å². The molecule has 2 aromatic carbocycles. The maximum Gasteiger partial charge on any atom is 0.241 e. The Morgan fingerprint density at radius 1 is 1.04 bits per heavy atom. The van der Waals surface area contributed by atoms with Crippen LogP contribution in [-0.4, -0.2) is 47.3 Å². The minimum Gasteiger partial charge on any atom is -0.497 e. The van der Waals surface area contributed by atoms with Crippen molar-refractivity contribution >= 4 is 11.6 Å². The molecule has 1 aromatic heterocycles. The molecular formula is C21H22N4O2. The molecule has 0 atom stereocenters. The van der Waals surface area contributed by atoms with Crippen molar-refractivity contribution in [2.24, 2.45) is 0 Å². The molecule has 0 N–H and O–H groups in total. The van der Waals surface area contributed by atoms with Gasteiger partial charge in [0.25, 0.3) is 0 Å². The zero-order valence-electron chi connectivity index (χ0n) is 15.3. The first-order valence-corrected chi connectivity index (χ1v) is 8.99. The van der Waals surface area contributed by atoms with Crippen molar-refractivity contribution in [3.8, 4) is 11.4 Å². The van der Waals surface area contributed by atoms with Crippen molar-refractivity contribution in [2.75, 3.05) is 31.6 Å². The summed E-state index contributed by atoms with van der Waals surface area (Å²) in [4.78, 5) is 16.7. The maximum atomic E-state index is 12.7. The molecule has 1 saturated heterocycles. The number of benzene rings is 2. The van der Waals surface area contributed by atoms with E-state index in [9.17, 15) is 4.79 Å². The Morgan fingerprint density at radius 3 is 2.67 bits per heavy atom. The highest BCUT2D eigenvalue weighted by molar-refractivity contribution is 5.95. The number of hydrogen-bond donors (Lipinski definition) is 0. The van der Waals surface area contributed by atoms with Gasteiger partial charge in [0.1, 0.15) is 5.75 Å². The zero-order valence-corrected chi connectivity index (χ0v) is 15.3. The SMILES string of the molecule is COc1cccc(N2CCN(Cc3cccc(-n4cccn4)c3)CC2=O)c1. The van der Waals surface area contributed by atoms with Crippen LogP contribution in [0.2, 0.25) is 0 Å². The highest BCUT2D eigenvalue weighted by Crippen LogP contribution is 2.23. The molecule has 0 spiro atoms. The van der Waals surface area contributed by atoms with Crippen LogP contribution in [0, 0.1) is 0 Å². The zero-order chi connectivity index (χ0) is 18.6. The van der Waals surface area contributed by atoms with E-state index in [1.807, 2.05) is 58.2 Å². The third-order valence-electron chi connectivity index (χ3n) is 4.75. The smallest absolute Gasteiger partial charge is 0.241 e. The van der Waals surface area contributed by atoms with E-state index in [1.165, 1.54) is 5.56 Å². The third-order valence-corrected chi connectivity index (χ3v) is 4.75. The Morgan fingerprint density at radius 2 is 1.89 bits per heavy atom. The summed E-state index contributed by atoms with van der Waals surface area (Å²) < 4.78 is 7.11. The predicted molar refractivity (Wildman–Crippen MR) is 104 cm³/mol. The molecule has 0 saturated carbocycles. The van der Waals surface area contributed by atoms with Crippen LogP contribution in [0.1, 0.15) is 5.56 Å². The topological polar surface area (TPSA) is 50.6 Å². The molecule has 1 aliphatic heterocycles. The largest absolute Gasteiger partial charge is 0.497 e. The van der Waals surface area contributed by atoms with Crippen LogP contribution in [0.25, 0.3) is 5.69 Å². The Bertz CT molecular complexity index is 923. The van der Waals surface area contributed by atoms with Gasteiger partial charge in [0.2, 0.25) is 5.91 Å². The second-order valence-corrected chi connectivity index (χ2v) is 6.58. The van der Waals surface area contributed by atoms with Gasteiger partial charge >= 0.3 is 0 Å². The lowest BCUT2D eigenvalue weighted by molar-refractivity contribution is -0.121. The van der Waals surface area contributed by atoms with Crippen molar-refractivity contribution < 1.29 is 9.53 Å². The lowest BCUT2D eigenvalue weighted by Gasteiger charge is -2.34. The number of aromatic nitrogens is 2. The average molecular weight is 362 g/mol. The standard InChI is InChI=1S/C21H22N4O2/c1-27-20-8-3-6-18(14-20)24-12-11-23(16-21(24)26)15-17-5-2-7-19(13-17)25-10-4-9-22-25/h2-10,13-14H,11-12,15-16H2,1H3. The summed E-state index contributed by atoms with van der Waals surface area (Å²) in [7, 11) is 1.64. The average Bonchev–Trinajstić information content (AvgIpc) is 3.23. The number of rotatable bonds is 5. The van der Waals surface area contributed by atoms with Crippen LogP contribution >= 0.6 is 0 Å². The molecule has 27 heavy (non-hydrogen) atoms. The van der Waals surface area contributed by atoms with Gasteiger partial charge in [0, 0.05) is 43.8 Å². The van der Waals surface area contributed by atoms with Gasteiger partial charge in [-0.3, -0.25) is 9.69 Å². The molecule has 1 amide bonds. The first-order chi connectivity index (χ1) is 13.2. The highest BCUT2D eigenvalue weighted by atomic mass is 16.5. The second-order valence-electron chi connectivity index (χ2n) is 6.58. The molecule has 6 nitrogen and oxygen atoms in total. The van der Waals surface area contributed by atoms with Crippen molar-refractivity contribution in [3.05, 3.63) is 72.6 Å². The van der Waals surface area contributed by atoms with Gasteiger partial charge in [0.05, 0.1) is 19.3 Å². The van der Waals surface area contributed by atoms with E-state index in [-0.39, 0.29) is 5.91 Å². The van der Waals surface area contributed by atoms with Crippen LogP contribution in [0.15, 0.2) is 67.0 Å². The summed E-state index contributed by atoms with van der Waals surface area (Å²) in [5.74, 6) is 0.871. The molecular weight excluding hydrogens is 340 g/mol. The number of ether oxygens (including phenoxy) is 1. The Balaban J connectivity index is 1.43. The number of anilines is 1. The van der Waals surface area contributed by atoms with E-state index in [2.05, 4.69) is 22.1 Å². The molecule has 6 heteroatoms. The molecule has 1 fully saturated rings. The summed E-state index contributed by atoms with van der Waals surface area (Å²) in [5.41, 5.74) is 3.09. The third kappa shape index (κ3) is 3.85. The summed E-state index contributed by atoms with van der Waals surface area (Å²) in [6.07, 6.45) is 3.69. The summed E-state index contributed by atoms with van der Waals surface area (Å²) >= 11 is 0. The van der Waals surface area contributed by atoms with E-state index in [1.54, 1.807) is 13.3 Å². The van der Waals surface area contributed by atoms with Gasteiger partial charge < -0.3 is 9.64 Å². The molecule has 2 heterocycles. The Labute approximate surface area is 158 Å². The van der Waals surface area contributed by atoms with E-state index in [4.69, 9.17) is 4.74 Å². The van der Waals surface area contributed by atoms with Crippen molar-refractivity contribution in [3.63, 3.8) is 0 Å². The first kappa shape index (κ1) is 17.3. The number of nitrogens with zero attached hydrogens (tertiary/aromatic N) is 4. The van der Waals surface area contributed by atoms with E-state index in [0.29, 0.717) is 13.1 Å². The minimum atomic E-state index is 0.109. The summed E-state index contributed by atoms with van der Waals surface area (Å²) in [6.45, 7) is 2.65. The van der Waals surface area contributed by atoms with E-state index < -0.39 is 0 Å². The lowest BCUT2D eigenvalue weighted by Crippen LogP contribution is -2.50. The van der Waals surface area contributed by atoms with Crippen LogP contribution in [0.3, 0.4) is 0 Å². The first-order valence-electron chi connectivity index (χ1n) is 8.99. The normalized spacial score (nSPS) is 15.1. The molecule has 0 unspecified atom stereocenters. The van der Waals surface area contributed by atoms with Gasteiger partial charge in [-0.1, -0.05) is 18.2 Å². The number of carbonyl (C=O) groups excluding carboxylic acids is 1. The Kier molecular flexibility index (Phi) is 4.89. The van der Waals surface area contributed by atoms with Crippen molar-refractivity contribution in [2.45, 2.75) is 6.54 Å². The highest BCUT2D eigenvalue weighted by Gasteiger charge is 2.25. The predicted octanol–water partition coefficient (Wildman–Crippen LogP) is 2.73. The summed E-state index contributed by atoms with van der Waals surface area (Å²) in [5, 5.41) is 4.28. The number of amides is 1.